The standard InChI is InChI=1S/C33H44N2O3/c1-9-25(37)35-33-14-12-28(2,3)18-21(33)26-22(36)16-24-30(6)17-20(19-34)27(38)29(4,5)23(30)10-11-31(24,7)32(26,8)13-15-33/h9,16-17,21,23,26H,1,10-15,18H2,2-8H3,(H,35,37)/t21?,23-,26?,30-,31+,32+,33-/m0/s1. The van der Waals surface area contributed by atoms with Gasteiger partial charge in [-0.25, -0.2) is 0 Å². The quantitative estimate of drug-likeness (QED) is 0.439. The highest BCUT2D eigenvalue weighted by Crippen LogP contribution is 2.73. The molecule has 0 spiro atoms. The molecule has 2 unspecified atom stereocenters. The zero-order chi connectivity index (χ0) is 28.1. The number of carbonyl (C=O) groups is 3. The van der Waals surface area contributed by atoms with Gasteiger partial charge in [0.2, 0.25) is 5.91 Å². The lowest BCUT2D eigenvalue weighted by Crippen LogP contribution is -2.69. The second-order valence-corrected chi connectivity index (χ2v) is 15.1. The Kier molecular flexibility index (Phi) is 5.72. The minimum atomic E-state index is -0.665. The Morgan fingerprint density at radius 2 is 1.71 bits per heavy atom. The first-order valence-corrected chi connectivity index (χ1v) is 14.4. The predicted octanol–water partition coefficient (Wildman–Crippen LogP) is 6.26. The molecule has 0 heterocycles. The van der Waals surface area contributed by atoms with Crippen LogP contribution in [0.3, 0.4) is 0 Å². The number of hydrogen-bond acceptors (Lipinski definition) is 4. The zero-order valence-electron chi connectivity index (χ0n) is 24.3. The van der Waals surface area contributed by atoms with Gasteiger partial charge in [-0.05, 0) is 85.2 Å². The Bertz CT molecular complexity index is 1250. The molecule has 5 heteroatoms. The molecule has 0 saturated heterocycles. The van der Waals surface area contributed by atoms with Crippen LogP contribution >= 0.6 is 0 Å². The van der Waals surface area contributed by atoms with Crippen molar-refractivity contribution in [1.82, 2.24) is 5.32 Å². The summed E-state index contributed by atoms with van der Waals surface area (Å²) in [4.78, 5) is 40.3. The maximum absolute atomic E-state index is 14.4. The number of allylic oxidation sites excluding steroid dienone is 4. The Hall–Kier alpha value is -2.48. The number of rotatable bonds is 2. The fraction of sp³-hybridized carbons (Fsp3) is 0.697. The van der Waals surface area contributed by atoms with Crippen molar-refractivity contribution in [3.05, 3.63) is 36.0 Å². The Morgan fingerprint density at radius 1 is 1.05 bits per heavy atom. The second-order valence-electron chi connectivity index (χ2n) is 15.1. The number of amides is 1. The molecular weight excluding hydrogens is 472 g/mol. The highest BCUT2D eigenvalue weighted by atomic mass is 16.2. The monoisotopic (exact) mass is 516 g/mol. The minimum absolute atomic E-state index is 0.0371. The average molecular weight is 517 g/mol. The summed E-state index contributed by atoms with van der Waals surface area (Å²) < 4.78 is 0. The molecule has 0 bridgehead atoms. The van der Waals surface area contributed by atoms with Gasteiger partial charge in [-0.1, -0.05) is 66.7 Å². The van der Waals surface area contributed by atoms with E-state index in [4.69, 9.17) is 0 Å². The van der Waals surface area contributed by atoms with Gasteiger partial charge >= 0.3 is 0 Å². The molecular formula is C33H44N2O3. The van der Waals surface area contributed by atoms with Crippen LogP contribution in [0.4, 0.5) is 0 Å². The van der Waals surface area contributed by atoms with E-state index in [1.165, 1.54) is 6.08 Å². The summed E-state index contributed by atoms with van der Waals surface area (Å²) in [5.41, 5.74) is -0.693. The van der Waals surface area contributed by atoms with Gasteiger partial charge in [0, 0.05) is 22.3 Å². The maximum atomic E-state index is 14.4. The molecule has 5 aliphatic rings. The molecule has 1 N–H and O–H groups in total. The molecule has 0 aliphatic heterocycles. The molecule has 3 fully saturated rings. The summed E-state index contributed by atoms with van der Waals surface area (Å²) in [7, 11) is 0. The summed E-state index contributed by atoms with van der Waals surface area (Å²) in [6.45, 7) is 19.0. The van der Waals surface area contributed by atoms with E-state index in [2.05, 4.69) is 52.6 Å². The molecule has 0 aromatic heterocycles. The Labute approximate surface area is 228 Å². The normalized spacial score (nSPS) is 44.6. The summed E-state index contributed by atoms with van der Waals surface area (Å²) in [6, 6.07) is 2.18. The van der Waals surface area contributed by atoms with Crippen molar-refractivity contribution >= 4 is 17.5 Å². The average Bonchev–Trinajstić information content (AvgIpc) is 2.83. The number of nitriles is 1. The van der Waals surface area contributed by atoms with Gasteiger partial charge in [0.25, 0.3) is 0 Å². The van der Waals surface area contributed by atoms with E-state index in [0.29, 0.717) is 0 Å². The molecule has 3 saturated carbocycles. The van der Waals surface area contributed by atoms with Crippen molar-refractivity contribution < 1.29 is 14.4 Å². The van der Waals surface area contributed by atoms with Gasteiger partial charge in [0.05, 0.1) is 5.57 Å². The third kappa shape index (κ3) is 3.31. The lowest BCUT2D eigenvalue weighted by molar-refractivity contribution is -0.163. The Morgan fingerprint density at radius 3 is 2.34 bits per heavy atom. The number of nitrogens with zero attached hydrogens (tertiary/aromatic N) is 1. The van der Waals surface area contributed by atoms with Crippen LogP contribution in [0.1, 0.15) is 93.4 Å². The van der Waals surface area contributed by atoms with E-state index >= 15 is 0 Å². The molecule has 0 radical (unpaired) electrons. The number of nitrogens with one attached hydrogen (secondary N) is 1. The first-order valence-electron chi connectivity index (χ1n) is 14.4. The van der Waals surface area contributed by atoms with Crippen molar-refractivity contribution in [1.29, 1.82) is 5.26 Å². The number of ketones is 2. The lowest BCUT2D eigenvalue weighted by atomic mass is 9.35. The highest BCUT2D eigenvalue weighted by Gasteiger charge is 2.70. The topological polar surface area (TPSA) is 87.0 Å². The van der Waals surface area contributed by atoms with Gasteiger partial charge in [-0.3, -0.25) is 14.4 Å². The van der Waals surface area contributed by atoms with Gasteiger partial charge in [0.15, 0.2) is 11.6 Å². The summed E-state index contributed by atoms with van der Waals surface area (Å²) >= 11 is 0. The van der Waals surface area contributed by atoms with E-state index in [0.717, 1.165) is 50.5 Å². The van der Waals surface area contributed by atoms with Crippen LogP contribution in [-0.2, 0) is 14.4 Å². The molecule has 5 nitrogen and oxygen atoms in total. The van der Waals surface area contributed by atoms with Crippen molar-refractivity contribution in [2.45, 2.75) is 99.0 Å². The van der Waals surface area contributed by atoms with Crippen LogP contribution in [-0.4, -0.2) is 23.0 Å². The zero-order valence-corrected chi connectivity index (χ0v) is 24.3. The van der Waals surface area contributed by atoms with Crippen molar-refractivity contribution in [2.75, 3.05) is 0 Å². The van der Waals surface area contributed by atoms with Gasteiger partial charge in [-0.15, -0.1) is 0 Å². The van der Waals surface area contributed by atoms with Crippen molar-refractivity contribution in [2.24, 2.45) is 44.8 Å². The first-order chi connectivity index (χ1) is 17.5. The third-order valence-electron chi connectivity index (χ3n) is 12.4. The van der Waals surface area contributed by atoms with E-state index in [1.807, 2.05) is 26.0 Å². The largest absolute Gasteiger partial charge is 0.347 e. The SMILES string of the molecule is C=CC(=O)N[C@]12CCC(C)(C)CC1C1C(=O)C=C3[C@@]4(C)C=C(C#N)C(=O)C(C)(C)[C@@H]4CC[C@@]3(C)[C@]1(C)CC2. The maximum Gasteiger partial charge on any atom is 0.243 e. The summed E-state index contributed by atoms with van der Waals surface area (Å²) in [5, 5.41) is 13.2. The molecule has 5 aliphatic carbocycles. The van der Waals surface area contributed by atoms with Gasteiger partial charge in [0.1, 0.15) is 6.07 Å². The Balaban J connectivity index is 1.68. The fourth-order valence-corrected chi connectivity index (χ4v) is 10.1. The van der Waals surface area contributed by atoms with E-state index in [1.54, 1.807) is 0 Å². The predicted molar refractivity (Wildman–Crippen MR) is 148 cm³/mol. The molecule has 38 heavy (non-hydrogen) atoms. The van der Waals surface area contributed by atoms with Gasteiger partial charge in [-0.2, -0.15) is 5.26 Å². The van der Waals surface area contributed by atoms with Crippen molar-refractivity contribution in [3.63, 3.8) is 0 Å². The summed E-state index contributed by atoms with van der Waals surface area (Å²) in [6.07, 6.45) is 11.4. The van der Waals surface area contributed by atoms with E-state index in [9.17, 15) is 19.6 Å². The molecule has 5 rings (SSSR count). The van der Waals surface area contributed by atoms with Crippen LogP contribution in [0.15, 0.2) is 36.0 Å². The number of fused-ring (bicyclic) bond motifs is 7. The van der Waals surface area contributed by atoms with Crippen LogP contribution < -0.4 is 5.32 Å². The van der Waals surface area contributed by atoms with Crippen LogP contribution in [0.2, 0.25) is 0 Å². The minimum Gasteiger partial charge on any atom is -0.347 e. The molecule has 0 aromatic carbocycles. The highest BCUT2D eigenvalue weighted by molar-refractivity contribution is 6.04. The van der Waals surface area contributed by atoms with Crippen LogP contribution in [0, 0.1) is 56.2 Å². The van der Waals surface area contributed by atoms with Crippen molar-refractivity contribution in [3.8, 4) is 6.07 Å². The van der Waals surface area contributed by atoms with Gasteiger partial charge < -0.3 is 5.32 Å². The van der Waals surface area contributed by atoms with Crippen LogP contribution in [0.5, 0.6) is 0 Å². The van der Waals surface area contributed by atoms with E-state index in [-0.39, 0.29) is 57.0 Å². The fourth-order valence-electron chi connectivity index (χ4n) is 10.1. The molecule has 7 atom stereocenters. The molecule has 1 amide bonds. The lowest BCUT2D eigenvalue weighted by Gasteiger charge is -2.69. The second kappa shape index (κ2) is 8.03. The van der Waals surface area contributed by atoms with Crippen LogP contribution in [0.25, 0.3) is 0 Å². The smallest absolute Gasteiger partial charge is 0.243 e. The summed E-state index contributed by atoms with van der Waals surface area (Å²) in [5.74, 6) is -0.176. The molecule has 0 aromatic rings. The third-order valence-corrected chi connectivity index (χ3v) is 12.4. The number of carbonyl (C=O) groups excluding carboxylic acids is 3. The van der Waals surface area contributed by atoms with E-state index < -0.39 is 16.4 Å². The number of hydrogen-bond donors (Lipinski definition) is 1. The molecule has 204 valence electrons. The number of Topliss-reactive ketones (excluding diaryl/α,β-unsaturated/α-hetero) is 1. The first kappa shape index (κ1) is 27.1.